The van der Waals surface area contributed by atoms with Gasteiger partial charge in [0.2, 0.25) is 11.3 Å². The molecule has 4 rings (SSSR count). The number of aromatic nitrogens is 2. The summed E-state index contributed by atoms with van der Waals surface area (Å²) >= 11 is 0. The minimum atomic E-state index is -0.0985. The van der Waals surface area contributed by atoms with Gasteiger partial charge in [0, 0.05) is 37.7 Å². The molecule has 2 aromatic carbocycles. The van der Waals surface area contributed by atoms with Crippen LogP contribution in [0.1, 0.15) is 19.3 Å². The van der Waals surface area contributed by atoms with Gasteiger partial charge in [0.15, 0.2) is 0 Å². The maximum Gasteiger partial charge on any atom is 0.224 e. The number of aryl methyl sites for hydroxylation is 1. The van der Waals surface area contributed by atoms with E-state index in [1.54, 1.807) is 10.7 Å². The van der Waals surface area contributed by atoms with Gasteiger partial charge < -0.3 is 9.64 Å². The number of nitrogens with zero attached hydrogens (tertiary/aromatic N) is 3. The summed E-state index contributed by atoms with van der Waals surface area (Å²) < 4.78 is 7.73. The Morgan fingerprint density at radius 1 is 1.04 bits per heavy atom. The molecule has 28 heavy (non-hydrogen) atoms. The van der Waals surface area contributed by atoms with Crippen LogP contribution in [0.2, 0.25) is 0 Å². The topological polar surface area (TPSA) is 64.4 Å². The van der Waals surface area contributed by atoms with Crippen LogP contribution >= 0.6 is 0 Å². The summed E-state index contributed by atoms with van der Waals surface area (Å²) in [6.45, 7) is 1.86. The molecule has 0 bridgehead atoms. The molecule has 6 heteroatoms. The van der Waals surface area contributed by atoms with Crippen molar-refractivity contribution in [2.24, 2.45) is 0 Å². The summed E-state index contributed by atoms with van der Waals surface area (Å²) in [7, 11) is 0. The predicted octanol–water partition coefficient (Wildman–Crippen LogP) is 2.86. The molecule has 1 aliphatic heterocycles. The zero-order valence-corrected chi connectivity index (χ0v) is 15.7. The van der Waals surface area contributed by atoms with Crippen LogP contribution in [0.25, 0.3) is 10.9 Å². The van der Waals surface area contributed by atoms with Gasteiger partial charge in [0.1, 0.15) is 11.9 Å². The Hall–Kier alpha value is -3.15. The maximum atomic E-state index is 12.6. The van der Waals surface area contributed by atoms with Gasteiger partial charge in [-0.05, 0) is 24.3 Å². The summed E-state index contributed by atoms with van der Waals surface area (Å²) in [6, 6.07) is 17.2. The average molecular weight is 377 g/mol. The van der Waals surface area contributed by atoms with Gasteiger partial charge in [-0.1, -0.05) is 30.3 Å². The van der Waals surface area contributed by atoms with E-state index in [1.165, 1.54) is 6.20 Å². The lowest BCUT2D eigenvalue weighted by Crippen LogP contribution is -2.42. The highest BCUT2D eigenvalue weighted by Gasteiger charge is 2.23. The fraction of sp³-hybridized carbons (Fsp3) is 0.318. The number of para-hydroxylation sites is 2. The third kappa shape index (κ3) is 4.06. The summed E-state index contributed by atoms with van der Waals surface area (Å²) in [5.74, 6) is 0.992. The number of likely N-dealkylation sites (tertiary alicyclic amines) is 1. The Morgan fingerprint density at radius 3 is 2.54 bits per heavy atom. The Labute approximate surface area is 163 Å². The third-order valence-corrected chi connectivity index (χ3v) is 5.14. The first-order chi connectivity index (χ1) is 13.7. The molecule has 1 fully saturated rings. The molecule has 0 unspecified atom stereocenters. The molecule has 1 aromatic heterocycles. The van der Waals surface area contributed by atoms with Crippen molar-refractivity contribution in [3.63, 3.8) is 0 Å². The van der Waals surface area contributed by atoms with E-state index in [0.29, 0.717) is 31.4 Å². The van der Waals surface area contributed by atoms with Crippen molar-refractivity contribution in [1.29, 1.82) is 0 Å². The van der Waals surface area contributed by atoms with Crippen LogP contribution in [-0.4, -0.2) is 39.8 Å². The number of carbonyl (C=O) groups is 1. The number of benzene rings is 2. The lowest BCUT2D eigenvalue weighted by Gasteiger charge is -2.32. The van der Waals surface area contributed by atoms with E-state index in [2.05, 4.69) is 5.10 Å². The number of fused-ring (bicyclic) bond motifs is 1. The van der Waals surface area contributed by atoms with E-state index in [-0.39, 0.29) is 17.4 Å². The Balaban J connectivity index is 1.32. The molecule has 0 spiro atoms. The molecule has 6 nitrogen and oxygen atoms in total. The molecule has 0 N–H and O–H groups in total. The van der Waals surface area contributed by atoms with Gasteiger partial charge in [-0.25, -0.2) is 0 Å². The molecular formula is C22H23N3O3. The first-order valence-corrected chi connectivity index (χ1v) is 9.65. The molecule has 1 amide bonds. The normalized spacial score (nSPS) is 14.9. The van der Waals surface area contributed by atoms with E-state index in [4.69, 9.17) is 4.74 Å². The van der Waals surface area contributed by atoms with E-state index < -0.39 is 0 Å². The number of ether oxygens (including phenoxy) is 1. The van der Waals surface area contributed by atoms with E-state index in [1.807, 2.05) is 53.4 Å². The van der Waals surface area contributed by atoms with Crippen LogP contribution in [0, 0.1) is 0 Å². The van der Waals surface area contributed by atoms with Gasteiger partial charge in [-0.3, -0.25) is 14.3 Å². The molecular weight excluding hydrogens is 354 g/mol. The quantitative estimate of drug-likeness (QED) is 0.686. The fourth-order valence-corrected chi connectivity index (χ4v) is 3.61. The Kier molecular flexibility index (Phi) is 5.37. The molecule has 144 valence electrons. The van der Waals surface area contributed by atoms with Crippen molar-refractivity contribution in [2.75, 3.05) is 13.1 Å². The average Bonchev–Trinajstić information content (AvgIpc) is 2.74. The molecule has 0 saturated carbocycles. The van der Waals surface area contributed by atoms with Crippen LogP contribution in [0.3, 0.4) is 0 Å². The van der Waals surface area contributed by atoms with Crippen molar-refractivity contribution < 1.29 is 9.53 Å². The number of amides is 1. The first kappa shape index (κ1) is 18.2. The third-order valence-electron chi connectivity index (χ3n) is 5.14. The SMILES string of the molecule is O=C(CCn1ncc(=O)c2ccccc21)N1CCC(Oc2ccccc2)CC1. The van der Waals surface area contributed by atoms with Crippen molar-refractivity contribution in [2.45, 2.75) is 31.9 Å². The largest absolute Gasteiger partial charge is 0.490 e. The maximum absolute atomic E-state index is 12.6. The van der Waals surface area contributed by atoms with Crippen LogP contribution in [0.15, 0.2) is 65.6 Å². The van der Waals surface area contributed by atoms with E-state index in [9.17, 15) is 9.59 Å². The number of piperidine rings is 1. The van der Waals surface area contributed by atoms with Gasteiger partial charge in [-0.2, -0.15) is 5.10 Å². The number of rotatable bonds is 5. The second-order valence-corrected chi connectivity index (χ2v) is 7.01. The van der Waals surface area contributed by atoms with Crippen molar-refractivity contribution in [3.8, 4) is 5.75 Å². The molecule has 2 heterocycles. The summed E-state index contributed by atoms with van der Waals surface area (Å²) in [5, 5.41) is 4.82. The van der Waals surface area contributed by atoms with Crippen LogP contribution in [-0.2, 0) is 11.3 Å². The molecule has 0 radical (unpaired) electrons. The van der Waals surface area contributed by atoms with Gasteiger partial charge >= 0.3 is 0 Å². The Bertz CT molecular complexity index is 1010. The summed E-state index contributed by atoms with van der Waals surface area (Å²) in [5.41, 5.74) is 0.663. The minimum Gasteiger partial charge on any atom is -0.490 e. The summed E-state index contributed by atoms with van der Waals surface area (Å²) in [6.07, 6.45) is 3.50. The second-order valence-electron chi connectivity index (χ2n) is 7.01. The number of hydrogen-bond acceptors (Lipinski definition) is 4. The van der Waals surface area contributed by atoms with Crippen molar-refractivity contribution in [1.82, 2.24) is 14.7 Å². The zero-order valence-electron chi connectivity index (χ0n) is 15.7. The standard InChI is InChI=1S/C22H23N3O3/c26-21-16-23-25(20-9-5-4-8-19(20)21)15-12-22(27)24-13-10-18(11-14-24)28-17-6-2-1-3-7-17/h1-9,16,18H,10-15H2. The van der Waals surface area contributed by atoms with Gasteiger partial charge in [0.25, 0.3) is 0 Å². The molecule has 1 saturated heterocycles. The van der Waals surface area contributed by atoms with Crippen LogP contribution in [0.4, 0.5) is 0 Å². The zero-order chi connectivity index (χ0) is 19.3. The van der Waals surface area contributed by atoms with Crippen molar-refractivity contribution >= 4 is 16.8 Å². The lowest BCUT2D eigenvalue weighted by atomic mass is 10.1. The van der Waals surface area contributed by atoms with Gasteiger partial charge in [0.05, 0.1) is 18.3 Å². The van der Waals surface area contributed by atoms with Gasteiger partial charge in [-0.15, -0.1) is 0 Å². The molecule has 1 aliphatic rings. The highest BCUT2D eigenvalue weighted by atomic mass is 16.5. The Morgan fingerprint density at radius 2 is 1.75 bits per heavy atom. The highest BCUT2D eigenvalue weighted by molar-refractivity contribution is 5.79. The molecule has 0 atom stereocenters. The summed E-state index contributed by atoms with van der Waals surface area (Å²) in [4.78, 5) is 26.4. The number of carbonyl (C=O) groups excluding carboxylic acids is 1. The molecule has 3 aromatic rings. The van der Waals surface area contributed by atoms with Crippen molar-refractivity contribution in [3.05, 3.63) is 71.0 Å². The predicted molar refractivity (Wildman–Crippen MR) is 107 cm³/mol. The lowest BCUT2D eigenvalue weighted by molar-refractivity contribution is -0.133. The van der Waals surface area contributed by atoms with Crippen LogP contribution in [0.5, 0.6) is 5.75 Å². The van der Waals surface area contributed by atoms with Crippen LogP contribution < -0.4 is 10.2 Å². The van der Waals surface area contributed by atoms with E-state index >= 15 is 0 Å². The van der Waals surface area contributed by atoms with E-state index in [0.717, 1.165) is 24.1 Å². The molecule has 0 aliphatic carbocycles. The second kappa shape index (κ2) is 8.25. The number of hydrogen-bond donors (Lipinski definition) is 0. The smallest absolute Gasteiger partial charge is 0.224 e. The first-order valence-electron chi connectivity index (χ1n) is 9.65. The highest BCUT2D eigenvalue weighted by Crippen LogP contribution is 2.19. The monoisotopic (exact) mass is 377 g/mol. The fourth-order valence-electron chi connectivity index (χ4n) is 3.61. The minimum absolute atomic E-state index is 0.0985.